The number of nitrogens with zero attached hydrogens (tertiary/aromatic N) is 2. The number of hydrogen-bond acceptors (Lipinski definition) is 5. The summed E-state index contributed by atoms with van der Waals surface area (Å²) in [7, 11) is 0. The Morgan fingerprint density at radius 2 is 2.09 bits per heavy atom. The van der Waals surface area contributed by atoms with Crippen LogP contribution in [0.15, 0.2) is 48.0 Å². The lowest BCUT2D eigenvalue weighted by molar-refractivity contribution is -0.133. The van der Waals surface area contributed by atoms with Crippen molar-refractivity contribution in [2.24, 2.45) is 0 Å². The van der Waals surface area contributed by atoms with Crippen molar-refractivity contribution in [3.8, 4) is 16.5 Å². The van der Waals surface area contributed by atoms with Crippen LogP contribution in [0.5, 0.6) is 5.75 Å². The molecule has 0 aliphatic rings. The Hall–Kier alpha value is -1.95. The Morgan fingerprint density at radius 1 is 1.22 bits per heavy atom. The minimum absolute atomic E-state index is 0.0578. The third kappa shape index (κ3) is 4.07. The van der Waals surface area contributed by atoms with Crippen LogP contribution >= 0.6 is 34.5 Å². The van der Waals surface area contributed by atoms with Gasteiger partial charge in [0.25, 0.3) is 0 Å². The fourth-order valence-electron chi connectivity index (χ4n) is 1.86. The number of benzene rings is 1. The SMILES string of the molecule is O=C(Cc1csc(-c2ccccn2)n1)Oc1ccc(Cl)cc1Cl. The monoisotopic (exact) mass is 364 g/mol. The number of rotatable bonds is 4. The molecular formula is C16H10Cl2N2O2S. The molecule has 3 aromatic rings. The molecular weight excluding hydrogens is 355 g/mol. The van der Waals surface area contributed by atoms with Gasteiger partial charge in [0.05, 0.1) is 22.8 Å². The summed E-state index contributed by atoms with van der Waals surface area (Å²) in [6.07, 6.45) is 1.76. The number of aromatic nitrogens is 2. The molecule has 0 bridgehead atoms. The first-order valence-corrected chi connectivity index (χ1v) is 8.27. The molecule has 2 heterocycles. The van der Waals surface area contributed by atoms with Crippen LogP contribution in [0.25, 0.3) is 10.7 Å². The second-order valence-electron chi connectivity index (χ2n) is 4.58. The number of thiazole rings is 1. The zero-order valence-corrected chi connectivity index (χ0v) is 14.0. The zero-order valence-electron chi connectivity index (χ0n) is 11.7. The molecule has 0 radical (unpaired) electrons. The highest BCUT2D eigenvalue weighted by Gasteiger charge is 2.13. The van der Waals surface area contributed by atoms with Crippen LogP contribution in [0.3, 0.4) is 0 Å². The van der Waals surface area contributed by atoms with Crippen LogP contribution in [0.4, 0.5) is 0 Å². The van der Waals surface area contributed by atoms with Gasteiger partial charge in [-0.25, -0.2) is 4.98 Å². The topological polar surface area (TPSA) is 52.1 Å². The summed E-state index contributed by atoms with van der Waals surface area (Å²) in [4.78, 5) is 20.6. The van der Waals surface area contributed by atoms with E-state index in [9.17, 15) is 4.79 Å². The largest absolute Gasteiger partial charge is 0.425 e. The normalized spacial score (nSPS) is 10.5. The van der Waals surface area contributed by atoms with Gasteiger partial charge in [-0.15, -0.1) is 11.3 Å². The van der Waals surface area contributed by atoms with Gasteiger partial charge < -0.3 is 4.74 Å². The molecule has 7 heteroatoms. The predicted octanol–water partition coefficient (Wildman–Crippen LogP) is 4.66. The van der Waals surface area contributed by atoms with E-state index < -0.39 is 5.97 Å². The van der Waals surface area contributed by atoms with Gasteiger partial charge in [0.2, 0.25) is 0 Å². The molecule has 4 nitrogen and oxygen atoms in total. The van der Waals surface area contributed by atoms with Gasteiger partial charge in [-0.1, -0.05) is 29.3 Å². The van der Waals surface area contributed by atoms with E-state index >= 15 is 0 Å². The van der Waals surface area contributed by atoms with Gasteiger partial charge in [-0.3, -0.25) is 9.78 Å². The van der Waals surface area contributed by atoms with Gasteiger partial charge in [0.1, 0.15) is 10.8 Å². The molecule has 0 N–H and O–H groups in total. The van der Waals surface area contributed by atoms with Crippen molar-refractivity contribution in [2.75, 3.05) is 0 Å². The fraction of sp³-hybridized carbons (Fsp3) is 0.0625. The average molecular weight is 365 g/mol. The van der Waals surface area contributed by atoms with E-state index in [2.05, 4.69) is 9.97 Å². The molecule has 0 atom stereocenters. The van der Waals surface area contributed by atoms with Crippen LogP contribution < -0.4 is 4.74 Å². The fourth-order valence-corrected chi connectivity index (χ4v) is 3.10. The third-order valence-electron chi connectivity index (χ3n) is 2.88. The van der Waals surface area contributed by atoms with Crippen LogP contribution in [0.2, 0.25) is 10.0 Å². The maximum absolute atomic E-state index is 12.0. The van der Waals surface area contributed by atoms with E-state index in [0.29, 0.717) is 15.7 Å². The average Bonchev–Trinajstić information content (AvgIpc) is 2.99. The van der Waals surface area contributed by atoms with Crippen LogP contribution in [-0.2, 0) is 11.2 Å². The molecule has 0 saturated carbocycles. The number of hydrogen-bond donors (Lipinski definition) is 0. The quantitative estimate of drug-likeness (QED) is 0.498. The number of halogens is 2. The summed E-state index contributed by atoms with van der Waals surface area (Å²) in [5, 5.41) is 3.35. The summed E-state index contributed by atoms with van der Waals surface area (Å²) < 4.78 is 5.24. The molecule has 0 aliphatic heterocycles. The molecule has 2 aromatic heterocycles. The third-order valence-corrected chi connectivity index (χ3v) is 4.32. The molecule has 3 rings (SSSR count). The first kappa shape index (κ1) is 15.9. The van der Waals surface area contributed by atoms with Gasteiger partial charge in [0.15, 0.2) is 0 Å². The minimum atomic E-state index is -0.438. The Kier molecular flexibility index (Phi) is 4.91. The molecule has 1 aromatic carbocycles. The van der Waals surface area contributed by atoms with E-state index in [-0.39, 0.29) is 12.2 Å². The van der Waals surface area contributed by atoms with Crippen molar-refractivity contribution < 1.29 is 9.53 Å². The second-order valence-corrected chi connectivity index (χ2v) is 6.29. The lowest BCUT2D eigenvalue weighted by Crippen LogP contribution is -2.11. The van der Waals surface area contributed by atoms with E-state index in [4.69, 9.17) is 27.9 Å². The first-order chi connectivity index (χ1) is 11.1. The van der Waals surface area contributed by atoms with Crippen molar-refractivity contribution in [3.63, 3.8) is 0 Å². The van der Waals surface area contributed by atoms with Gasteiger partial charge in [0, 0.05) is 16.6 Å². The Balaban J connectivity index is 1.68. The zero-order chi connectivity index (χ0) is 16.2. The Morgan fingerprint density at radius 3 is 2.83 bits per heavy atom. The highest BCUT2D eigenvalue weighted by Crippen LogP contribution is 2.28. The van der Waals surface area contributed by atoms with E-state index in [0.717, 1.165) is 10.7 Å². The summed E-state index contributed by atoms with van der Waals surface area (Å²) >= 11 is 13.2. The molecule has 23 heavy (non-hydrogen) atoms. The lowest BCUT2D eigenvalue weighted by atomic mass is 10.3. The standard InChI is InChI=1S/C16H10Cl2N2O2S/c17-10-4-5-14(12(18)7-10)22-15(21)8-11-9-23-16(20-11)13-3-1-2-6-19-13/h1-7,9H,8H2. The van der Waals surface area contributed by atoms with Crippen LogP contribution in [0.1, 0.15) is 5.69 Å². The van der Waals surface area contributed by atoms with Crippen molar-refractivity contribution >= 4 is 40.5 Å². The molecule has 0 fully saturated rings. The lowest BCUT2D eigenvalue weighted by Gasteiger charge is -2.05. The van der Waals surface area contributed by atoms with E-state index in [1.54, 1.807) is 18.3 Å². The minimum Gasteiger partial charge on any atom is -0.425 e. The van der Waals surface area contributed by atoms with Crippen molar-refractivity contribution in [3.05, 3.63) is 63.7 Å². The van der Waals surface area contributed by atoms with E-state index in [1.165, 1.54) is 17.4 Å². The highest BCUT2D eigenvalue weighted by molar-refractivity contribution is 7.13. The number of carbonyl (C=O) groups excluding carboxylic acids is 1. The molecule has 0 aliphatic carbocycles. The van der Waals surface area contributed by atoms with Crippen molar-refractivity contribution in [2.45, 2.75) is 6.42 Å². The maximum Gasteiger partial charge on any atom is 0.317 e. The number of esters is 1. The molecule has 0 amide bonds. The summed E-state index contributed by atoms with van der Waals surface area (Å²) in [5.74, 6) is -0.159. The van der Waals surface area contributed by atoms with Crippen molar-refractivity contribution in [1.82, 2.24) is 9.97 Å². The molecule has 0 unspecified atom stereocenters. The van der Waals surface area contributed by atoms with Crippen LogP contribution in [-0.4, -0.2) is 15.9 Å². The summed E-state index contributed by atoms with van der Waals surface area (Å²) in [5.41, 5.74) is 1.41. The van der Waals surface area contributed by atoms with Crippen molar-refractivity contribution in [1.29, 1.82) is 0 Å². The summed E-state index contributed by atoms with van der Waals surface area (Å²) in [6, 6.07) is 10.3. The van der Waals surface area contributed by atoms with Gasteiger partial charge >= 0.3 is 5.97 Å². The van der Waals surface area contributed by atoms with E-state index in [1.807, 2.05) is 23.6 Å². The Bertz CT molecular complexity index is 837. The number of carbonyl (C=O) groups is 1. The van der Waals surface area contributed by atoms with Gasteiger partial charge in [-0.2, -0.15) is 0 Å². The predicted molar refractivity (Wildman–Crippen MR) is 91.1 cm³/mol. The first-order valence-electron chi connectivity index (χ1n) is 6.63. The second kappa shape index (κ2) is 7.08. The molecule has 0 saturated heterocycles. The van der Waals surface area contributed by atoms with Crippen LogP contribution in [0, 0.1) is 0 Å². The summed E-state index contributed by atoms with van der Waals surface area (Å²) in [6.45, 7) is 0. The number of pyridine rings is 1. The maximum atomic E-state index is 12.0. The smallest absolute Gasteiger partial charge is 0.317 e. The number of ether oxygens (including phenoxy) is 1. The molecule has 116 valence electrons. The van der Waals surface area contributed by atoms with Gasteiger partial charge in [-0.05, 0) is 30.3 Å². The molecule has 0 spiro atoms. The highest BCUT2D eigenvalue weighted by atomic mass is 35.5. The Labute approximate surface area is 146 Å².